The number of aromatic amines is 1. The first-order valence-corrected chi connectivity index (χ1v) is 8.25. The van der Waals surface area contributed by atoms with Crippen LogP contribution < -0.4 is 5.73 Å². The molecule has 4 nitrogen and oxygen atoms in total. The lowest BCUT2D eigenvalue weighted by Crippen LogP contribution is -2.33. The number of fused-ring (bicyclic) bond motifs is 1. The van der Waals surface area contributed by atoms with Gasteiger partial charge in [-0.2, -0.15) is 11.8 Å². The molecule has 0 radical (unpaired) electrons. The van der Waals surface area contributed by atoms with Crippen LogP contribution in [0.4, 0.5) is 5.69 Å². The molecule has 21 heavy (non-hydrogen) atoms. The molecule has 112 valence electrons. The second-order valence-corrected chi connectivity index (χ2v) is 7.95. The van der Waals surface area contributed by atoms with E-state index in [0.717, 1.165) is 36.2 Å². The predicted molar refractivity (Wildman–Crippen MR) is 89.8 cm³/mol. The van der Waals surface area contributed by atoms with Crippen LogP contribution in [0.1, 0.15) is 30.8 Å². The summed E-state index contributed by atoms with van der Waals surface area (Å²) >= 11 is 1.94. The summed E-state index contributed by atoms with van der Waals surface area (Å²) in [6.45, 7) is 6.10. The van der Waals surface area contributed by atoms with Gasteiger partial charge in [0.15, 0.2) is 0 Å². The van der Waals surface area contributed by atoms with Crippen molar-refractivity contribution in [3.63, 3.8) is 0 Å². The zero-order valence-corrected chi connectivity index (χ0v) is 13.3. The number of aromatic nitrogens is 1. The summed E-state index contributed by atoms with van der Waals surface area (Å²) in [5, 5.41) is 0.989. The molecule has 1 aromatic heterocycles. The van der Waals surface area contributed by atoms with Crippen molar-refractivity contribution in [1.29, 1.82) is 0 Å². The minimum Gasteiger partial charge on any atom is -0.397 e. The van der Waals surface area contributed by atoms with Crippen LogP contribution in [-0.2, 0) is 0 Å². The molecule has 3 rings (SSSR count). The average molecular weight is 303 g/mol. The number of anilines is 1. The van der Waals surface area contributed by atoms with Gasteiger partial charge in [0.25, 0.3) is 5.91 Å². The highest BCUT2D eigenvalue weighted by Crippen LogP contribution is 2.31. The zero-order valence-electron chi connectivity index (χ0n) is 12.5. The molecule has 0 unspecified atom stereocenters. The molecule has 0 saturated carbocycles. The third-order valence-corrected chi connectivity index (χ3v) is 5.42. The quantitative estimate of drug-likeness (QED) is 0.796. The zero-order chi connectivity index (χ0) is 15.0. The van der Waals surface area contributed by atoms with E-state index in [0.29, 0.717) is 11.4 Å². The maximum Gasteiger partial charge on any atom is 0.270 e. The van der Waals surface area contributed by atoms with Crippen LogP contribution >= 0.6 is 11.8 Å². The molecule has 1 fully saturated rings. The van der Waals surface area contributed by atoms with Gasteiger partial charge in [-0.15, -0.1) is 0 Å². The van der Waals surface area contributed by atoms with E-state index in [1.807, 2.05) is 40.9 Å². The number of hydrogen-bond acceptors (Lipinski definition) is 3. The summed E-state index contributed by atoms with van der Waals surface area (Å²) in [5.41, 5.74) is 8.11. The molecule has 0 spiro atoms. The molecule has 0 bridgehead atoms. The summed E-state index contributed by atoms with van der Waals surface area (Å²) in [7, 11) is 0. The van der Waals surface area contributed by atoms with Crippen molar-refractivity contribution in [2.24, 2.45) is 0 Å². The number of carbonyl (C=O) groups excluding carboxylic acids is 1. The molecule has 1 saturated heterocycles. The molecular weight excluding hydrogens is 282 g/mol. The third kappa shape index (κ3) is 2.88. The van der Waals surface area contributed by atoms with Gasteiger partial charge in [0.1, 0.15) is 5.69 Å². The maximum atomic E-state index is 12.7. The van der Waals surface area contributed by atoms with Crippen LogP contribution in [0.5, 0.6) is 0 Å². The van der Waals surface area contributed by atoms with E-state index in [1.165, 1.54) is 0 Å². The van der Waals surface area contributed by atoms with E-state index in [4.69, 9.17) is 5.73 Å². The van der Waals surface area contributed by atoms with Gasteiger partial charge >= 0.3 is 0 Å². The van der Waals surface area contributed by atoms with Crippen LogP contribution in [-0.4, -0.2) is 39.4 Å². The fourth-order valence-corrected chi connectivity index (χ4v) is 3.79. The number of nitrogens with one attached hydrogen (secondary N) is 1. The van der Waals surface area contributed by atoms with Gasteiger partial charge in [0, 0.05) is 29.0 Å². The highest BCUT2D eigenvalue weighted by Gasteiger charge is 2.27. The van der Waals surface area contributed by atoms with Crippen molar-refractivity contribution < 1.29 is 4.79 Å². The summed E-state index contributed by atoms with van der Waals surface area (Å²) < 4.78 is 0.250. The number of nitrogens with zero attached hydrogens (tertiary/aromatic N) is 1. The minimum atomic E-state index is 0.0731. The van der Waals surface area contributed by atoms with Gasteiger partial charge in [0.05, 0.1) is 11.2 Å². The lowest BCUT2D eigenvalue weighted by Gasteiger charge is -2.22. The van der Waals surface area contributed by atoms with Gasteiger partial charge in [-0.3, -0.25) is 4.79 Å². The lowest BCUT2D eigenvalue weighted by atomic mass is 10.1. The Labute approximate surface area is 129 Å². The molecule has 5 heteroatoms. The van der Waals surface area contributed by atoms with Gasteiger partial charge in [0.2, 0.25) is 0 Å². The second-order valence-electron chi connectivity index (χ2n) is 6.14. The molecule has 2 heterocycles. The lowest BCUT2D eigenvalue weighted by molar-refractivity contribution is 0.0759. The van der Waals surface area contributed by atoms with Crippen molar-refractivity contribution in [1.82, 2.24) is 9.88 Å². The number of para-hydroxylation sites is 1. The molecule has 1 aliphatic rings. The molecule has 1 amide bonds. The molecule has 1 aliphatic heterocycles. The number of benzene rings is 1. The Morgan fingerprint density at radius 3 is 2.95 bits per heavy atom. The standard InChI is InChI=1S/C16H21N3OS/c1-16(2)6-7-19(8-9-21-16)15(20)13-10-11-4-3-5-12(17)14(11)18-13/h3-5,10,18H,6-9,17H2,1-2H3. The Morgan fingerprint density at radius 2 is 2.19 bits per heavy atom. The molecule has 2 aromatic rings. The molecule has 0 atom stereocenters. The number of thioether (sulfide) groups is 1. The number of hydrogen-bond donors (Lipinski definition) is 2. The van der Waals surface area contributed by atoms with Crippen LogP contribution in [0, 0.1) is 0 Å². The van der Waals surface area contributed by atoms with Crippen molar-refractivity contribution in [3.05, 3.63) is 30.0 Å². The molecule has 0 aliphatic carbocycles. The number of carbonyl (C=O) groups is 1. The predicted octanol–water partition coefficient (Wildman–Crippen LogP) is 3.11. The highest BCUT2D eigenvalue weighted by atomic mass is 32.2. The smallest absolute Gasteiger partial charge is 0.270 e. The topological polar surface area (TPSA) is 62.1 Å². The molecule has 1 aromatic carbocycles. The molecular formula is C16H21N3OS. The first-order chi connectivity index (χ1) is 9.96. The fraction of sp³-hybridized carbons (Fsp3) is 0.438. The van der Waals surface area contributed by atoms with E-state index in [-0.39, 0.29) is 10.7 Å². The van der Waals surface area contributed by atoms with E-state index >= 15 is 0 Å². The number of nitrogens with two attached hydrogens (primary N) is 1. The summed E-state index contributed by atoms with van der Waals surface area (Å²) in [6.07, 6.45) is 1.02. The van der Waals surface area contributed by atoms with Gasteiger partial charge in [-0.25, -0.2) is 0 Å². The number of H-pyrrole nitrogens is 1. The Balaban J connectivity index is 1.85. The Morgan fingerprint density at radius 1 is 1.38 bits per heavy atom. The number of rotatable bonds is 1. The largest absolute Gasteiger partial charge is 0.397 e. The fourth-order valence-electron chi connectivity index (χ4n) is 2.69. The third-order valence-electron chi connectivity index (χ3n) is 4.04. The van der Waals surface area contributed by atoms with Crippen molar-refractivity contribution in [2.75, 3.05) is 24.6 Å². The maximum absolute atomic E-state index is 12.7. The van der Waals surface area contributed by atoms with Crippen molar-refractivity contribution in [2.45, 2.75) is 25.0 Å². The minimum absolute atomic E-state index is 0.0731. The van der Waals surface area contributed by atoms with E-state index in [2.05, 4.69) is 18.8 Å². The Bertz CT molecular complexity index is 677. The second kappa shape index (κ2) is 5.30. The first-order valence-electron chi connectivity index (χ1n) is 7.27. The number of amides is 1. The Kier molecular flexibility index (Phi) is 3.61. The summed E-state index contributed by atoms with van der Waals surface area (Å²) in [4.78, 5) is 17.8. The van der Waals surface area contributed by atoms with Crippen LogP contribution in [0.25, 0.3) is 10.9 Å². The van der Waals surface area contributed by atoms with Crippen LogP contribution in [0.3, 0.4) is 0 Å². The first kappa shape index (κ1) is 14.3. The van der Waals surface area contributed by atoms with Gasteiger partial charge in [-0.1, -0.05) is 26.0 Å². The highest BCUT2D eigenvalue weighted by molar-refractivity contribution is 8.00. The normalized spacial score (nSPS) is 18.7. The molecule has 3 N–H and O–H groups in total. The van der Waals surface area contributed by atoms with Crippen LogP contribution in [0.15, 0.2) is 24.3 Å². The Hall–Kier alpha value is -1.62. The van der Waals surface area contributed by atoms with E-state index in [9.17, 15) is 4.79 Å². The monoisotopic (exact) mass is 303 g/mol. The van der Waals surface area contributed by atoms with Crippen molar-refractivity contribution in [3.8, 4) is 0 Å². The van der Waals surface area contributed by atoms with Gasteiger partial charge in [-0.05, 0) is 18.6 Å². The van der Waals surface area contributed by atoms with Gasteiger partial charge < -0.3 is 15.6 Å². The van der Waals surface area contributed by atoms with Crippen LogP contribution in [0.2, 0.25) is 0 Å². The number of nitrogen functional groups attached to an aromatic ring is 1. The van der Waals surface area contributed by atoms with E-state index < -0.39 is 0 Å². The van der Waals surface area contributed by atoms with Crippen molar-refractivity contribution >= 4 is 34.3 Å². The average Bonchev–Trinajstić information content (AvgIpc) is 2.79. The SMILES string of the molecule is CC1(C)CCN(C(=O)c2cc3cccc(N)c3[nH]2)CCS1. The summed E-state index contributed by atoms with van der Waals surface area (Å²) in [5.74, 6) is 1.06. The van der Waals surface area contributed by atoms with E-state index in [1.54, 1.807) is 0 Å². The summed E-state index contributed by atoms with van der Waals surface area (Å²) in [6, 6.07) is 7.63.